The van der Waals surface area contributed by atoms with E-state index in [2.05, 4.69) is 4.98 Å². The van der Waals surface area contributed by atoms with Gasteiger partial charge in [-0.3, -0.25) is 9.59 Å². The number of aromatic amines is 1. The second-order valence-electron chi connectivity index (χ2n) is 5.02. The molecule has 2 amide bonds. The number of nitrogens with zero attached hydrogens (tertiary/aromatic N) is 1. The Morgan fingerprint density at radius 2 is 2.00 bits per heavy atom. The molecule has 0 radical (unpaired) electrons. The van der Waals surface area contributed by atoms with Crippen LogP contribution in [-0.2, 0) is 4.79 Å². The molecule has 1 aliphatic heterocycles. The lowest BCUT2D eigenvalue weighted by atomic mass is 10.1. The maximum atomic E-state index is 12.5. The summed E-state index contributed by atoms with van der Waals surface area (Å²) in [6, 6.07) is 9.12. The number of halogens is 1. The Morgan fingerprint density at radius 1 is 1.29 bits per heavy atom. The molecule has 2 heterocycles. The molecule has 21 heavy (non-hydrogen) atoms. The van der Waals surface area contributed by atoms with Gasteiger partial charge >= 0.3 is 5.37 Å². The van der Waals surface area contributed by atoms with Crippen molar-refractivity contribution in [1.82, 2.24) is 4.98 Å². The van der Waals surface area contributed by atoms with Crippen LogP contribution in [-0.4, -0.2) is 16.3 Å². The third kappa shape index (κ3) is 2.17. The molecule has 1 aliphatic rings. The first-order valence-electron chi connectivity index (χ1n) is 6.50. The molecular formula is C16H13ClN2O2. The highest BCUT2D eigenvalue weighted by Gasteiger charge is 2.35. The first-order valence-corrected chi connectivity index (χ1v) is 6.88. The molecule has 106 valence electrons. The van der Waals surface area contributed by atoms with Crippen LogP contribution in [0.4, 0.5) is 10.5 Å². The molecule has 5 heteroatoms. The van der Waals surface area contributed by atoms with Crippen molar-refractivity contribution in [2.24, 2.45) is 0 Å². The van der Waals surface area contributed by atoms with Crippen molar-refractivity contribution >= 4 is 40.2 Å². The van der Waals surface area contributed by atoms with Gasteiger partial charge in [-0.2, -0.15) is 0 Å². The van der Waals surface area contributed by atoms with Gasteiger partial charge < -0.3 is 4.98 Å². The highest BCUT2D eigenvalue weighted by Crippen LogP contribution is 2.38. The van der Waals surface area contributed by atoms with E-state index in [-0.39, 0.29) is 0 Å². The van der Waals surface area contributed by atoms with Crippen molar-refractivity contribution in [2.45, 2.75) is 13.8 Å². The van der Waals surface area contributed by atoms with E-state index in [1.807, 2.05) is 32.0 Å². The van der Waals surface area contributed by atoms with Crippen molar-refractivity contribution < 1.29 is 9.59 Å². The quantitative estimate of drug-likeness (QED) is 0.494. The number of para-hydroxylation sites is 1. The van der Waals surface area contributed by atoms with Gasteiger partial charge in [-0.05, 0) is 49.2 Å². The molecule has 0 saturated heterocycles. The fourth-order valence-corrected chi connectivity index (χ4v) is 2.77. The number of fused-ring (bicyclic) bond motifs is 1. The van der Waals surface area contributed by atoms with Gasteiger partial charge in [0, 0.05) is 17.0 Å². The molecule has 0 spiro atoms. The number of carbonyl (C=O) groups excluding carboxylic acids is 2. The van der Waals surface area contributed by atoms with E-state index < -0.39 is 11.3 Å². The number of carbonyl (C=O) groups is 2. The average Bonchev–Trinajstić information content (AvgIpc) is 2.88. The standard InChI is InChI=1S/C16H13ClN2O2/c1-9-7-10(2)18-13(9)8-12-11-5-3-4-6-14(11)19(15(12)20)16(17)21/h3-8,18H,1-2H3/b12-8-. The lowest BCUT2D eigenvalue weighted by Crippen LogP contribution is -2.28. The van der Waals surface area contributed by atoms with Gasteiger partial charge in [0.25, 0.3) is 5.91 Å². The van der Waals surface area contributed by atoms with E-state index in [9.17, 15) is 9.59 Å². The van der Waals surface area contributed by atoms with E-state index in [4.69, 9.17) is 11.6 Å². The van der Waals surface area contributed by atoms with Crippen molar-refractivity contribution in [1.29, 1.82) is 0 Å². The molecule has 1 aromatic carbocycles. The number of H-pyrrole nitrogens is 1. The van der Waals surface area contributed by atoms with Gasteiger partial charge in [-0.1, -0.05) is 18.2 Å². The number of hydrogen-bond acceptors (Lipinski definition) is 2. The van der Waals surface area contributed by atoms with Crippen LogP contribution in [0.2, 0.25) is 0 Å². The largest absolute Gasteiger partial charge is 0.359 e. The maximum Gasteiger partial charge on any atom is 0.327 e. The highest BCUT2D eigenvalue weighted by atomic mass is 35.5. The Balaban J connectivity index is 2.18. The van der Waals surface area contributed by atoms with Gasteiger partial charge in [0.2, 0.25) is 0 Å². The molecule has 4 nitrogen and oxygen atoms in total. The summed E-state index contributed by atoms with van der Waals surface area (Å²) in [6.07, 6.45) is 1.77. The zero-order valence-corrected chi connectivity index (χ0v) is 12.4. The maximum absolute atomic E-state index is 12.5. The van der Waals surface area contributed by atoms with E-state index >= 15 is 0 Å². The minimum Gasteiger partial charge on any atom is -0.359 e. The van der Waals surface area contributed by atoms with Crippen LogP contribution in [0.25, 0.3) is 11.6 Å². The number of nitrogens with one attached hydrogen (secondary N) is 1. The zero-order valence-electron chi connectivity index (χ0n) is 11.6. The summed E-state index contributed by atoms with van der Waals surface area (Å²) in [5, 5.41) is -0.796. The lowest BCUT2D eigenvalue weighted by molar-refractivity contribution is -0.112. The van der Waals surface area contributed by atoms with Crippen molar-refractivity contribution in [3.63, 3.8) is 0 Å². The van der Waals surface area contributed by atoms with Gasteiger partial charge in [0.05, 0.1) is 11.3 Å². The summed E-state index contributed by atoms with van der Waals surface area (Å²) < 4.78 is 0. The summed E-state index contributed by atoms with van der Waals surface area (Å²) in [5.41, 5.74) is 4.61. The number of benzene rings is 1. The Kier molecular flexibility index (Phi) is 3.18. The third-order valence-electron chi connectivity index (χ3n) is 3.52. The minimum atomic E-state index is -0.796. The number of rotatable bonds is 1. The second kappa shape index (κ2) is 4.90. The van der Waals surface area contributed by atoms with Gasteiger partial charge in [-0.25, -0.2) is 4.90 Å². The predicted octanol–water partition coefficient (Wildman–Crippen LogP) is 3.88. The smallest absolute Gasteiger partial charge is 0.327 e. The molecule has 2 aromatic rings. The van der Waals surface area contributed by atoms with E-state index in [1.54, 1.807) is 18.2 Å². The molecule has 0 aliphatic carbocycles. The van der Waals surface area contributed by atoms with Crippen LogP contribution in [0.15, 0.2) is 30.3 Å². The summed E-state index contributed by atoms with van der Waals surface area (Å²) in [5.74, 6) is -0.400. The van der Waals surface area contributed by atoms with Crippen LogP contribution in [0, 0.1) is 13.8 Å². The number of anilines is 1. The lowest BCUT2D eigenvalue weighted by Gasteiger charge is -2.09. The second-order valence-corrected chi connectivity index (χ2v) is 5.34. The fourth-order valence-electron chi connectivity index (χ4n) is 2.60. The number of amides is 2. The molecule has 0 bridgehead atoms. The van der Waals surface area contributed by atoms with Gasteiger partial charge in [0.15, 0.2) is 0 Å². The summed E-state index contributed by atoms with van der Waals surface area (Å²) in [7, 11) is 0. The Labute approximate surface area is 127 Å². The van der Waals surface area contributed by atoms with Crippen LogP contribution in [0.5, 0.6) is 0 Å². The topological polar surface area (TPSA) is 53.2 Å². The number of imide groups is 1. The predicted molar refractivity (Wildman–Crippen MR) is 83.3 cm³/mol. The fraction of sp³-hybridized carbons (Fsp3) is 0.125. The summed E-state index contributed by atoms with van der Waals surface area (Å²) in [4.78, 5) is 28.2. The van der Waals surface area contributed by atoms with Crippen LogP contribution < -0.4 is 4.90 Å². The van der Waals surface area contributed by atoms with Crippen LogP contribution in [0.1, 0.15) is 22.5 Å². The zero-order chi connectivity index (χ0) is 15.1. The number of aromatic nitrogens is 1. The van der Waals surface area contributed by atoms with Crippen molar-refractivity contribution in [2.75, 3.05) is 4.90 Å². The van der Waals surface area contributed by atoms with E-state index in [1.165, 1.54) is 0 Å². The van der Waals surface area contributed by atoms with Gasteiger partial charge in [0.1, 0.15) is 0 Å². The molecule has 1 N–H and O–H groups in total. The molecule has 3 rings (SSSR count). The normalized spacial score (nSPS) is 15.7. The minimum absolute atomic E-state index is 0.400. The van der Waals surface area contributed by atoms with E-state index in [0.717, 1.165) is 21.9 Å². The number of hydrogen-bond donors (Lipinski definition) is 1. The Morgan fingerprint density at radius 3 is 2.62 bits per heavy atom. The first-order chi connectivity index (χ1) is 9.99. The summed E-state index contributed by atoms with van der Waals surface area (Å²) in [6.45, 7) is 3.92. The average molecular weight is 301 g/mol. The van der Waals surface area contributed by atoms with E-state index in [0.29, 0.717) is 16.8 Å². The molecular weight excluding hydrogens is 288 g/mol. The Bertz CT molecular complexity index is 789. The Hall–Kier alpha value is -2.33. The summed E-state index contributed by atoms with van der Waals surface area (Å²) >= 11 is 5.54. The molecule has 0 unspecified atom stereocenters. The first kappa shape index (κ1) is 13.6. The molecule has 1 aromatic heterocycles. The monoisotopic (exact) mass is 300 g/mol. The van der Waals surface area contributed by atoms with Gasteiger partial charge in [-0.15, -0.1) is 0 Å². The molecule has 0 fully saturated rings. The third-order valence-corrected chi connectivity index (χ3v) is 3.69. The van der Waals surface area contributed by atoms with Crippen molar-refractivity contribution in [3.8, 4) is 0 Å². The highest BCUT2D eigenvalue weighted by molar-refractivity contribution is 6.70. The molecule has 0 atom stereocenters. The van der Waals surface area contributed by atoms with Crippen molar-refractivity contribution in [3.05, 3.63) is 52.8 Å². The number of aryl methyl sites for hydroxylation is 2. The van der Waals surface area contributed by atoms with Crippen LogP contribution in [0.3, 0.4) is 0 Å². The SMILES string of the molecule is Cc1cc(C)c(/C=C2\C(=O)N(C(=O)Cl)c3ccccc32)[nH]1. The molecule has 0 saturated carbocycles. The van der Waals surface area contributed by atoms with Crippen LogP contribution >= 0.6 is 11.6 Å².